The molecule has 0 fully saturated rings. The molecule has 6 heteroatoms. The van der Waals surface area contributed by atoms with E-state index in [0.29, 0.717) is 31.5 Å². The number of hydrogen-bond acceptors (Lipinski definition) is 4. The lowest BCUT2D eigenvalue weighted by molar-refractivity contribution is 0.134. The Balaban J connectivity index is 1.81. The van der Waals surface area contributed by atoms with E-state index in [1.165, 1.54) is 11.1 Å². The SMILES string of the molecule is CCOCc1ccc(CNC(=NC)NCc2ncc(C(C)(C)C)o2)cc1. The molecular formula is C20H30N4O2. The van der Waals surface area contributed by atoms with Gasteiger partial charge in [-0.15, -0.1) is 0 Å². The van der Waals surface area contributed by atoms with E-state index in [1.807, 2.05) is 6.92 Å². The normalized spacial score (nSPS) is 12.3. The van der Waals surface area contributed by atoms with Crippen LogP contribution in [0, 0.1) is 0 Å². The highest BCUT2D eigenvalue weighted by atomic mass is 16.5. The standard InChI is InChI=1S/C20H30N4O2/c1-6-25-14-16-9-7-15(8-10-16)11-23-19(21-5)24-13-18-22-12-17(26-18)20(2,3)4/h7-10,12H,6,11,13-14H2,1-5H3,(H2,21,23,24). The lowest BCUT2D eigenvalue weighted by atomic mass is 9.94. The first-order valence-corrected chi connectivity index (χ1v) is 8.97. The minimum atomic E-state index is -0.0422. The molecule has 0 bridgehead atoms. The van der Waals surface area contributed by atoms with E-state index in [1.54, 1.807) is 13.2 Å². The molecule has 0 aliphatic rings. The van der Waals surface area contributed by atoms with E-state index in [0.717, 1.165) is 12.4 Å². The summed E-state index contributed by atoms with van der Waals surface area (Å²) in [6.07, 6.45) is 1.79. The van der Waals surface area contributed by atoms with Crippen LogP contribution in [0.3, 0.4) is 0 Å². The van der Waals surface area contributed by atoms with Crippen molar-refractivity contribution in [1.29, 1.82) is 0 Å². The van der Waals surface area contributed by atoms with Gasteiger partial charge in [0.05, 0.1) is 19.3 Å². The Morgan fingerprint density at radius 1 is 1.12 bits per heavy atom. The van der Waals surface area contributed by atoms with Crippen molar-refractivity contribution in [2.24, 2.45) is 4.99 Å². The molecule has 0 spiro atoms. The maximum atomic E-state index is 5.78. The van der Waals surface area contributed by atoms with Gasteiger partial charge in [-0.05, 0) is 18.1 Å². The van der Waals surface area contributed by atoms with E-state index in [4.69, 9.17) is 9.15 Å². The van der Waals surface area contributed by atoms with Gasteiger partial charge in [0.2, 0.25) is 5.89 Å². The number of aromatic nitrogens is 1. The van der Waals surface area contributed by atoms with Gasteiger partial charge >= 0.3 is 0 Å². The van der Waals surface area contributed by atoms with Crippen LogP contribution in [0.4, 0.5) is 0 Å². The molecule has 2 aromatic rings. The van der Waals surface area contributed by atoms with Crippen LogP contribution in [0.2, 0.25) is 0 Å². The summed E-state index contributed by atoms with van der Waals surface area (Å²) in [5.41, 5.74) is 2.32. The molecule has 0 unspecified atom stereocenters. The number of aliphatic imine (C=N–C) groups is 1. The largest absolute Gasteiger partial charge is 0.443 e. The Morgan fingerprint density at radius 2 is 1.77 bits per heavy atom. The third-order valence-electron chi connectivity index (χ3n) is 3.88. The maximum Gasteiger partial charge on any atom is 0.213 e. The van der Waals surface area contributed by atoms with Gasteiger partial charge in [0.1, 0.15) is 5.76 Å². The number of ether oxygens (including phenoxy) is 1. The van der Waals surface area contributed by atoms with E-state index < -0.39 is 0 Å². The van der Waals surface area contributed by atoms with Gasteiger partial charge < -0.3 is 19.8 Å². The fraction of sp³-hybridized carbons (Fsp3) is 0.500. The number of nitrogens with one attached hydrogen (secondary N) is 2. The number of guanidine groups is 1. The predicted octanol–water partition coefficient (Wildman–Crippen LogP) is 3.37. The van der Waals surface area contributed by atoms with Crippen LogP contribution in [-0.2, 0) is 29.8 Å². The minimum Gasteiger partial charge on any atom is -0.443 e. The second-order valence-electron chi connectivity index (χ2n) is 7.10. The monoisotopic (exact) mass is 358 g/mol. The zero-order chi connectivity index (χ0) is 19.0. The Morgan fingerprint density at radius 3 is 2.35 bits per heavy atom. The van der Waals surface area contributed by atoms with E-state index >= 15 is 0 Å². The summed E-state index contributed by atoms with van der Waals surface area (Å²) in [6.45, 7) is 10.9. The Kier molecular flexibility index (Phi) is 7.21. The van der Waals surface area contributed by atoms with Crippen molar-refractivity contribution >= 4 is 5.96 Å². The Hall–Kier alpha value is -2.34. The van der Waals surface area contributed by atoms with Crippen molar-refractivity contribution in [1.82, 2.24) is 15.6 Å². The molecular weight excluding hydrogens is 328 g/mol. The number of oxazole rings is 1. The number of hydrogen-bond donors (Lipinski definition) is 2. The Labute approximate surface area is 156 Å². The predicted molar refractivity (Wildman–Crippen MR) is 104 cm³/mol. The second-order valence-corrected chi connectivity index (χ2v) is 7.10. The molecule has 26 heavy (non-hydrogen) atoms. The zero-order valence-corrected chi connectivity index (χ0v) is 16.4. The van der Waals surface area contributed by atoms with Gasteiger partial charge in [-0.1, -0.05) is 45.0 Å². The number of nitrogens with zero attached hydrogens (tertiary/aromatic N) is 2. The third kappa shape index (κ3) is 6.19. The molecule has 0 aliphatic carbocycles. The van der Waals surface area contributed by atoms with Crippen LogP contribution in [0.25, 0.3) is 0 Å². The summed E-state index contributed by atoms with van der Waals surface area (Å²) in [6, 6.07) is 8.37. The van der Waals surface area contributed by atoms with Gasteiger partial charge in [0.15, 0.2) is 5.96 Å². The molecule has 2 N–H and O–H groups in total. The highest BCUT2D eigenvalue weighted by Gasteiger charge is 2.19. The molecule has 6 nitrogen and oxygen atoms in total. The van der Waals surface area contributed by atoms with Crippen molar-refractivity contribution in [3.8, 4) is 0 Å². The second kappa shape index (κ2) is 9.38. The molecule has 1 aromatic heterocycles. The number of benzene rings is 1. The van der Waals surface area contributed by atoms with Crippen molar-refractivity contribution in [2.45, 2.75) is 52.8 Å². The average Bonchev–Trinajstić information content (AvgIpc) is 3.10. The summed E-state index contributed by atoms with van der Waals surface area (Å²) in [5, 5.41) is 6.52. The van der Waals surface area contributed by atoms with E-state index in [9.17, 15) is 0 Å². The van der Waals surface area contributed by atoms with Gasteiger partial charge in [0, 0.05) is 25.6 Å². The smallest absolute Gasteiger partial charge is 0.213 e. The van der Waals surface area contributed by atoms with Gasteiger partial charge in [0.25, 0.3) is 0 Å². The molecule has 1 aromatic carbocycles. The molecule has 142 valence electrons. The van der Waals surface area contributed by atoms with Crippen LogP contribution in [-0.4, -0.2) is 24.6 Å². The van der Waals surface area contributed by atoms with Crippen LogP contribution in [0.5, 0.6) is 0 Å². The summed E-state index contributed by atoms with van der Waals surface area (Å²) in [5.74, 6) is 2.24. The molecule has 0 atom stereocenters. The highest BCUT2D eigenvalue weighted by molar-refractivity contribution is 5.79. The molecule has 0 saturated heterocycles. The first-order valence-electron chi connectivity index (χ1n) is 8.97. The highest BCUT2D eigenvalue weighted by Crippen LogP contribution is 2.22. The van der Waals surface area contributed by atoms with Crippen molar-refractivity contribution in [3.63, 3.8) is 0 Å². The summed E-state index contributed by atoms with van der Waals surface area (Å²) < 4.78 is 11.2. The fourth-order valence-electron chi connectivity index (χ4n) is 2.28. The minimum absolute atomic E-state index is 0.0422. The van der Waals surface area contributed by atoms with Gasteiger partial charge in [-0.3, -0.25) is 4.99 Å². The van der Waals surface area contributed by atoms with E-state index in [-0.39, 0.29) is 5.41 Å². The maximum absolute atomic E-state index is 5.78. The summed E-state index contributed by atoms with van der Waals surface area (Å²) in [4.78, 5) is 8.55. The molecule has 0 saturated carbocycles. The fourth-order valence-corrected chi connectivity index (χ4v) is 2.28. The topological polar surface area (TPSA) is 71.7 Å². The molecule has 0 radical (unpaired) electrons. The lowest BCUT2D eigenvalue weighted by Gasteiger charge is -2.13. The first kappa shape index (κ1) is 20.0. The summed E-state index contributed by atoms with van der Waals surface area (Å²) in [7, 11) is 1.75. The van der Waals surface area contributed by atoms with Crippen LogP contribution < -0.4 is 10.6 Å². The lowest BCUT2D eigenvalue weighted by Crippen LogP contribution is -2.36. The van der Waals surface area contributed by atoms with Crippen LogP contribution in [0.15, 0.2) is 39.9 Å². The van der Waals surface area contributed by atoms with Gasteiger partial charge in [-0.25, -0.2) is 4.98 Å². The molecule has 1 heterocycles. The number of rotatable bonds is 7. The van der Waals surface area contributed by atoms with Crippen LogP contribution in [0.1, 0.15) is 50.5 Å². The average molecular weight is 358 g/mol. The molecule has 0 aliphatic heterocycles. The van der Waals surface area contributed by atoms with Crippen molar-refractivity contribution < 1.29 is 9.15 Å². The van der Waals surface area contributed by atoms with Gasteiger partial charge in [-0.2, -0.15) is 0 Å². The van der Waals surface area contributed by atoms with Crippen molar-refractivity contribution in [2.75, 3.05) is 13.7 Å². The van der Waals surface area contributed by atoms with Crippen molar-refractivity contribution in [3.05, 3.63) is 53.2 Å². The molecule has 0 amide bonds. The summed E-state index contributed by atoms with van der Waals surface area (Å²) >= 11 is 0. The first-order chi connectivity index (χ1) is 12.4. The Bertz CT molecular complexity index is 699. The zero-order valence-electron chi connectivity index (χ0n) is 16.4. The molecule has 2 rings (SSSR count). The quantitative estimate of drug-likeness (QED) is 0.586. The van der Waals surface area contributed by atoms with E-state index in [2.05, 4.69) is 65.6 Å². The third-order valence-corrected chi connectivity index (χ3v) is 3.88. The van der Waals surface area contributed by atoms with Crippen LogP contribution >= 0.6 is 0 Å².